The summed E-state index contributed by atoms with van der Waals surface area (Å²) in [5, 5.41) is 2.70. The lowest BCUT2D eigenvalue weighted by atomic mass is 10.2. The number of carbonyl (C=O) groups excluding carboxylic acids is 1. The van der Waals surface area contributed by atoms with Crippen LogP contribution in [0.2, 0.25) is 0 Å². The minimum Gasteiger partial charge on any atom is -0.493 e. The van der Waals surface area contributed by atoms with Crippen LogP contribution < -0.4 is 19.5 Å². The van der Waals surface area contributed by atoms with Crippen molar-refractivity contribution >= 4 is 5.91 Å². The average Bonchev–Trinajstić information content (AvgIpc) is 3.21. The van der Waals surface area contributed by atoms with Crippen LogP contribution in [-0.4, -0.2) is 19.6 Å². The molecule has 0 radical (unpaired) electrons. The zero-order valence-electron chi connectivity index (χ0n) is 15.6. The third kappa shape index (κ3) is 5.71. The molecule has 1 N–H and O–H groups in total. The third-order valence-corrected chi connectivity index (χ3v) is 3.91. The normalized spacial score (nSPS) is 10.6. The maximum absolute atomic E-state index is 12.4. The summed E-state index contributed by atoms with van der Waals surface area (Å²) < 4.78 is 45.2. The van der Waals surface area contributed by atoms with Gasteiger partial charge < -0.3 is 23.9 Å². The lowest BCUT2D eigenvalue weighted by Gasteiger charge is -2.11. The molecule has 3 aromatic rings. The van der Waals surface area contributed by atoms with E-state index in [9.17, 15) is 13.6 Å². The molecule has 1 heterocycles. The summed E-state index contributed by atoms with van der Waals surface area (Å²) in [5.41, 5.74) is 0.649. The fourth-order valence-corrected chi connectivity index (χ4v) is 2.53. The summed E-state index contributed by atoms with van der Waals surface area (Å²) in [7, 11) is 1.35. The molecule has 0 aliphatic rings. The predicted octanol–water partition coefficient (Wildman–Crippen LogP) is 4.40. The van der Waals surface area contributed by atoms with Crippen LogP contribution >= 0.6 is 0 Å². The molecule has 0 bridgehead atoms. The van der Waals surface area contributed by atoms with Crippen LogP contribution in [0.4, 0.5) is 8.78 Å². The number of alkyl halides is 2. The van der Waals surface area contributed by atoms with Gasteiger partial charge in [0.15, 0.2) is 17.3 Å². The van der Waals surface area contributed by atoms with Crippen molar-refractivity contribution in [2.45, 2.75) is 19.8 Å². The number of benzene rings is 2. The molecule has 6 nitrogen and oxygen atoms in total. The average molecular weight is 403 g/mol. The maximum Gasteiger partial charge on any atom is 0.387 e. The standard InChI is InChI=1S/C21H19F2NO5/c1-26-19-11-14(7-9-17(19)29-21(22)23)12-24-20(25)18-10-8-16(28-18)13-27-15-5-3-2-4-6-15/h2-11,21H,12-13H2,1H3,(H,24,25). The zero-order chi connectivity index (χ0) is 20.6. The summed E-state index contributed by atoms with van der Waals surface area (Å²) in [4.78, 5) is 12.3. The fraction of sp³-hybridized carbons (Fsp3) is 0.190. The molecule has 0 aliphatic heterocycles. The summed E-state index contributed by atoms with van der Waals surface area (Å²) in [5.74, 6) is 1.00. The number of furan rings is 1. The number of nitrogens with one attached hydrogen (secondary N) is 1. The van der Waals surface area contributed by atoms with E-state index in [1.807, 2.05) is 30.3 Å². The van der Waals surface area contributed by atoms with Crippen LogP contribution in [0.25, 0.3) is 0 Å². The van der Waals surface area contributed by atoms with Gasteiger partial charge in [-0.1, -0.05) is 24.3 Å². The van der Waals surface area contributed by atoms with Gasteiger partial charge >= 0.3 is 6.61 Å². The van der Waals surface area contributed by atoms with E-state index in [0.717, 1.165) is 0 Å². The predicted molar refractivity (Wildman–Crippen MR) is 100 cm³/mol. The van der Waals surface area contributed by atoms with Crippen LogP contribution in [0.1, 0.15) is 21.9 Å². The third-order valence-electron chi connectivity index (χ3n) is 3.91. The van der Waals surface area contributed by atoms with Gasteiger partial charge in [0, 0.05) is 6.54 Å². The largest absolute Gasteiger partial charge is 0.493 e. The van der Waals surface area contributed by atoms with Gasteiger partial charge in [0.2, 0.25) is 0 Å². The Morgan fingerprint density at radius 3 is 2.59 bits per heavy atom. The number of rotatable bonds is 9. The van der Waals surface area contributed by atoms with Crippen molar-refractivity contribution in [2.24, 2.45) is 0 Å². The summed E-state index contributed by atoms with van der Waals surface area (Å²) in [6, 6.07) is 16.9. The molecule has 0 aliphatic carbocycles. The molecule has 1 aromatic heterocycles. The Morgan fingerprint density at radius 1 is 1.07 bits per heavy atom. The van der Waals surface area contributed by atoms with Crippen molar-refractivity contribution in [1.29, 1.82) is 0 Å². The van der Waals surface area contributed by atoms with Crippen LogP contribution in [-0.2, 0) is 13.2 Å². The van der Waals surface area contributed by atoms with Gasteiger partial charge in [-0.25, -0.2) is 0 Å². The van der Waals surface area contributed by atoms with E-state index in [-0.39, 0.29) is 30.4 Å². The van der Waals surface area contributed by atoms with E-state index in [4.69, 9.17) is 13.9 Å². The van der Waals surface area contributed by atoms with Crippen molar-refractivity contribution in [2.75, 3.05) is 7.11 Å². The number of hydrogen-bond donors (Lipinski definition) is 1. The van der Waals surface area contributed by atoms with Gasteiger partial charge in [-0.3, -0.25) is 4.79 Å². The van der Waals surface area contributed by atoms with E-state index >= 15 is 0 Å². The summed E-state index contributed by atoms with van der Waals surface area (Å²) in [6.45, 7) is -2.60. The Morgan fingerprint density at radius 2 is 1.86 bits per heavy atom. The second kappa shape index (κ2) is 9.59. The van der Waals surface area contributed by atoms with Gasteiger partial charge in [-0.05, 0) is 42.0 Å². The molecule has 152 valence electrons. The highest BCUT2D eigenvalue weighted by Gasteiger charge is 2.14. The summed E-state index contributed by atoms with van der Waals surface area (Å²) in [6.07, 6.45) is 0. The molecular formula is C21H19F2NO5. The van der Waals surface area contributed by atoms with Gasteiger partial charge in [0.05, 0.1) is 7.11 Å². The number of carbonyl (C=O) groups is 1. The topological polar surface area (TPSA) is 69.9 Å². The highest BCUT2D eigenvalue weighted by atomic mass is 19.3. The Kier molecular flexibility index (Phi) is 6.67. The highest BCUT2D eigenvalue weighted by Crippen LogP contribution is 2.29. The highest BCUT2D eigenvalue weighted by molar-refractivity contribution is 5.91. The molecule has 0 unspecified atom stereocenters. The van der Waals surface area contributed by atoms with Crippen molar-refractivity contribution in [3.8, 4) is 17.2 Å². The monoisotopic (exact) mass is 403 g/mol. The molecule has 0 spiro atoms. The number of para-hydroxylation sites is 1. The molecule has 1 amide bonds. The molecule has 0 atom stereocenters. The molecule has 3 rings (SSSR count). The molecular weight excluding hydrogens is 384 g/mol. The molecule has 0 saturated heterocycles. The first-order chi connectivity index (χ1) is 14.0. The number of amides is 1. The minimum absolute atomic E-state index is 0.0772. The Hall–Kier alpha value is -3.55. The summed E-state index contributed by atoms with van der Waals surface area (Å²) >= 11 is 0. The number of ether oxygens (including phenoxy) is 3. The van der Waals surface area contributed by atoms with Crippen molar-refractivity contribution in [3.05, 3.63) is 77.7 Å². The second-order valence-electron chi connectivity index (χ2n) is 5.91. The van der Waals surface area contributed by atoms with Crippen LogP contribution in [0.5, 0.6) is 17.2 Å². The van der Waals surface area contributed by atoms with Crippen molar-refractivity contribution < 1.29 is 32.2 Å². The number of hydrogen-bond acceptors (Lipinski definition) is 5. The smallest absolute Gasteiger partial charge is 0.387 e. The Labute approximate surface area is 166 Å². The fourth-order valence-electron chi connectivity index (χ4n) is 2.53. The quantitative estimate of drug-likeness (QED) is 0.574. The molecule has 0 fully saturated rings. The second-order valence-corrected chi connectivity index (χ2v) is 5.91. The lowest BCUT2D eigenvalue weighted by Crippen LogP contribution is -2.22. The van der Waals surface area contributed by atoms with Crippen LogP contribution in [0.15, 0.2) is 65.1 Å². The van der Waals surface area contributed by atoms with Crippen molar-refractivity contribution in [1.82, 2.24) is 5.32 Å². The lowest BCUT2D eigenvalue weighted by molar-refractivity contribution is -0.0512. The Bertz CT molecular complexity index is 943. The van der Waals surface area contributed by atoms with Gasteiger partial charge in [-0.15, -0.1) is 0 Å². The molecule has 0 saturated carbocycles. The SMILES string of the molecule is COc1cc(CNC(=O)c2ccc(COc3ccccc3)o2)ccc1OC(F)F. The first-order valence-corrected chi connectivity index (χ1v) is 8.71. The van der Waals surface area contributed by atoms with Crippen molar-refractivity contribution in [3.63, 3.8) is 0 Å². The minimum atomic E-state index is -2.95. The van der Waals surface area contributed by atoms with Crippen LogP contribution in [0, 0.1) is 0 Å². The first kappa shape index (κ1) is 20.2. The molecule has 29 heavy (non-hydrogen) atoms. The van der Waals surface area contributed by atoms with E-state index < -0.39 is 12.5 Å². The first-order valence-electron chi connectivity index (χ1n) is 8.71. The van der Waals surface area contributed by atoms with E-state index in [2.05, 4.69) is 10.1 Å². The number of methoxy groups -OCH3 is 1. The van der Waals surface area contributed by atoms with E-state index in [1.54, 1.807) is 18.2 Å². The van der Waals surface area contributed by atoms with Crippen LogP contribution in [0.3, 0.4) is 0 Å². The zero-order valence-corrected chi connectivity index (χ0v) is 15.6. The number of halogens is 2. The molecule has 2 aromatic carbocycles. The van der Waals surface area contributed by atoms with Gasteiger partial charge in [0.1, 0.15) is 18.1 Å². The Balaban J connectivity index is 1.55. The van der Waals surface area contributed by atoms with E-state index in [1.165, 1.54) is 19.2 Å². The molecule has 8 heteroatoms. The van der Waals surface area contributed by atoms with Gasteiger partial charge in [-0.2, -0.15) is 8.78 Å². The maximum atomic E-state index is 12.4. The van der Waals surface area contributed by atoms with E-state index in [0.29, 0.717) is 17.1 Å². The van der Waals surface area contributed by atoms with Gasteiger partial charge in [0.25, 0.3) is 5.91 Å².